The first kappa shape index (κ1) is 18.7. The van der Waals surface area contributed by atoms with Crippen molar-refractivity contribution in [3.8, 4) is 6.07 Å². The van der Waals surface area contributed by atoms with Gasteiger partial charge >= 0.3 is 0 Å². The largest absolute Gasteiger partial charge is 0.340 e. The van der Waals surface area contributed by atoms with Crippen LogP contribution in [-0.2, 0) is 9.59 Å². The Bertz CT molecular complexity index is 944. The summed E-state index contributed by atoms with van der Waals surface area (Å²) < 4.78 is 15.1. The van der Waals surface area contributed by atoms with E-state index in [1.807, 2.05) is 25.7 Å². The van der Waals surface area contributed by atoms with E-state index in [-0.39, 0.29) is 5.56 Å². The Morgan fingerprint density at radius 1 is 1.19 bits per heavy atom. The van der Waals surface area contributed by atoms with Crippen molar-refractivity contribution in [1.82, 2.24) is 14.6 Å². The Labute approximate surface area is 149 Å². The number of nitriles is 1. The SMILES string of the molecule is C=O.C=O.N#Cc1cc(Nc2ccnc3cc(C4CC4)nn23)ccc1F. The molecule has 0 spiro atoms. The Balaban J connectivity index is 0.000000570. The number of benzene rings is 1. The summed E-state index contributed by atoms with van der Waals surface area (Å²) in [5.74, 6) is 0.751. The van der Waals surface area contributed by atoms with Crippen molar-refractivity contribution < 1.29 is 14.0 Å². The number of nitrogens with zero attached hydrogens (tertiary/aromatic N) is 4. The van der Waals surface area contributed by atoms with Crippen LogP contribution in [0.25, 0.3) is 5.65 Å². The minimum absolute atomic E-state index is 0.00874. The highest BCUT2D eigenvalue weighted by Gasteiger charge is 2.26. The molecule has 1 aliphatic rings. The molecule has 0 aliphatic heterocycles. The van der Waals surface area contributed by atoms with Gasteiger partial charge in [-0.25, -0.2) is 9.37 Å². The molecule has 1 fully saturated rings. The summed E-state index contributed by atoms with van der Waals surface area (Å²) in [5.41, 5.74) is 2.47. The van der Waals surface area contributed by atoms with Gasteiger partial charge in [-0.2, -0.15) is 14.9 Å². The summed E-state index contributed by atoms with van der Waals surface area (Å²) in [7, 11) is 0. The first-order valence-corrected chi connectivity index (χ1v) is 7.64. The molecule has 8 heteroatoms. The van der Waals surface area contributed by atoms with Gasteiger partial charge in [0.1, 0.15) is 31.3 Å². The molecule has 0 amide bonds. The number of aromatic nitrogens is 3. The van der Waals surface area contributed by atoms with E-state index in [1.165, 1.54) is 25.0 Å². The Morgan fingerprint density at radius 3 is 2.58 bits per heavy atom. The van der Waals surface area contributed by atoms with Gasteiger partial charge in [0.2, 0.25) is 0 Å². The molecule has 1 aliphatic carbocycles. The van der Waals surface area contributed by atoms with E-state index in [0.717, 1.165) is 17.2 Å². The van der Waals surface area contributed by atoms with Crippen molar-refractivity contribution in [3.63, 3.8) is 0 Å². The quantitative estimate of drug-likeness (QED) is 0.777. The maximum Gasteiger partial charge on any atom is 0.157 e. The smallest absolute Gasteiger partial charge is 0.157 e. The number of fused-ring (bicyclic) bond motifs is 1. The molecular formula is C18H16FN5O2. The van der Waals surface area contributed by atoms with E-state index in [2.05, 4.69) is 15.4 Å². The van der Waals surface area contributed by atoms with Gasteiger partial charge in [0.15, 0.2) is 5.65 Å². The molecule has 0 bridgehead atoms. The highest BCUT2D eigenvalue weighted by molar-refractivity contribution is 5.61. The van der Waals surface area contributed by atoms with Gasteiger partial charge in [0.25, 0.3) is 0 Å². The van der Waals surface area contributed by atoms with Gasteiger partial charge < -0.3 is 14.9 Å². The van der Waals surface area contributed by atoms with Gasteiger partial charge in [-0.15, -0.1) is 0 Å². The van der Waals surface area contributed by atoms with Crippen molar-refractivity contribution in [2.45, 2.75) is 18.8 Å². The highest BCUT2D eigenvalue weighted by Crippen LogP contribution is 2.39. The van der Waals surface area contributed by atoms with E-state index in [0.29, 0.717) is 11.6 Å². The normalized spacial score (nSPS) is 12.2. The topological polar surface area (TPSA) is 100 Å². The third-order valence-electron chi connectivity index (χ3n) is 3.73. The molecule has 0 saturated heterocycles. The molecule has 26 heavy (non-hydrogen) atoms. The van der Waals surface area contributed by atoms with Crippen LogP contribution in [-0.4, -0.2) is 28.2 Å². The van der Waals surface area contributed by atoms with E-state index in [1.54, 1.807) is 22.8 Å². The summed E-state index contributed by atoms with van der Waals surface area (Å²) in [4.78, 5) is 20.3. The second-order valence-electron chi connectivity index (χ2n) is 5.37. The lowest BCUT2D eigenvalue weighted by Crippen LogP contribution is -2.01. The molecule has 132 valence electrons. The molecule has 1 N–H and O–H groups in total. The van der Waals surface area contributed by atoms with Crippen molar-refractivity contribution in [2.75, 3.05) is 5.32 Å². The van der Waals surface area contributed by atoms with Crippen molar-refractivity contribution >= 4 is 30.7 Å². The number of rotatable bonds is 3. The lowest BCUT2D eigenvalue weighted by atomic mass is 10.2. The van der Waals surface area contributed by atoms with E-state index < -0.39 is 5.82 Å². The molecule has 7 nitrogen and oxygen atoms in total. The second-order valence-corrected chi connectivity index (χ2v) is 5.37. The number of hydrogen-bond acceptors (Lipinski definition) is 6. The lowest BCUT2D eigenvalue weighted by Gasteiger charge is -2.08. The zero-order valence-corrected chi connectivity index (χ0v) is 13.9. The molecule has 1 saturated carbocycles. The number of nitrogens with one attached hydrogen (secondary N) is 1. The standard InChI is InChI=1S/C16H12FN5.2CH2O/c17-13-4-3-12(7-11(13)9-18)20-15-5-6-19-16-8-14(10-1-2-10)21-22(15)16;2*1-2/h3-8,10,20H,1-2H2;2*1H2. The zero-order chi connectivity index (χ0) is 19.1. The molecule has 2 aromatic heterocycles. The molecule has 0 radical (unpaired) electrons. The van der Waals surface area contributed by atoms with Crippen LogP contribution < -0.4 is 5.32 Å². The molecule has 2 heterocycles. The lowest BCUT2D eigenvalue weighted by molar-refractivity contribution is -0.0987. The summed E-state index contributed by atoms with van der Waals surface area (Å²) in [6, 6.07) is 9.97. The van der Waals surface area contributed by atoms with Crippen molar-refractivity contribution in [1.29, 1.82) is 5.26 Å². The van der Waals surface area contributed by atoms with Crippen molar-refractivity contribution in [3.05, 3.63) is 53.6 Å². The average molecular weight is 353 g/mol. The Kier molecular flexibility index (Phi) is 6.11. The maximum absolute atomic E-state index is 13.4. The van der Waals surface area contributed by atoms with Crippen LogP contribution in [0, 0.1) is 17.1 Å². The third kappa shape index (κ3) is 3.89. The molecule has 0 unspecified atom stereocenters. The van der Waals surface area contributed by atoms with Crippen LogP contribution in [0.3, 0.4) is 0 Å². The van der Waals surface area contributed by atoms with Crippen molar-refractivity contribution in [2.24, 2.45) is 0 Å². The zero-order valence-electron chi connectivity index (χ0n) is 13.9. The predicted octanol–water partition coefficient (Wildman–Crippen LogP) is 2.99. The minimum Gasteiger partial charge on any atom is -0.340 e. The van der Waals surface area contributed by atoms with Crippen LogP contribution >= 0.6 is 0 Å². The fraction of sp³-hybridized carbons (Fsp3) is 0.167. The van der Waals surface area contributed by atoms with Gasteiger partial charge in [0.05, 0.1) is 11.3 Å². The maximum atomic E-state index is 13.4. The molecule has 4 rings (SSSR count). The van der Waals surface area contributed by atoms with Crippen LogP contribution in [0.15, 0.2) is 36.5 Å². The van der Waals surface area contributed by atoms with Gasteiger partial charge in [0, 0.05) is 23.9 Å². The number of carbonyl (C=O) groups is 2. The molecule has 3 aromatic rings. The van der Waals surface area contributed by atoms with E-state index in [9.17, 15) is 4.39 Å². The summed E-state index contributed by atoms with van der Waals surface area (Å²) in [6.45, 7) is 4.00. The van der Waals surface area contributed by atoms with Gasteiger partial charge in [-0.1, -0.05) is 0 Å². The second kappa shape index (κ2) is 8.48. The monoisotopic (exact) mass is 353 g/mol. The summed E-state index contributed by atoms with van der Waals surface area (Å²) in [5, 5.41) is 16.7. The van der Waals surface area contributed by atoms with Gasteiger partial charge in [-0.3, -0.25) is 0 Å². The van der Waals surface area contributed by atoms with Crippen LogP contribution in [0.4, 0.5) is 15.9 Å². The van der Waals surface area contributed by atoms with Gasteiger partial charge in [-0.05, 0) is 37.1 Å². The predicted molar refractivity (Wildman–Crippen MR) is 93.6 cm³/mol. The van der Waals surface area contributed by atoms with Crippen LogP contribution in [0.2, 0.25) is 0 Å². The fourth-order valence-electron chi connectivity index (χ4n) is 2.42. The highest BCUT2D eigenvalue weighted by atomic mass is 19.1. The minimum atomic E-state index is -0.525. The Morgan fingerprint density at radius 2 is 1.92 bits per heavy atom. The molecule has 1 aromatic carbocycles. The Hall–Kier alpha value is -3.60. The fourth-order valence-corrected chi connectivity index (χ4v) is 2.42. The molecule has 0 atom stereocenters. The van der Waals surface area contributed by atoms with E-state index >= 15 is 0 Å². The number of anilines is 2. The number of halogens is 1. The number of carbonyl (C=O) groups excluding carboxylic acids is 2. The van der Waals surface area contributed by atoms with Crippen LogP contribution in [0.1, 0.15) is 30.0 Å². The molecular weight excluding hydrogens is 337 g/mol. The first-order chi connectivity index (χ1) is 12.7. The first-order valence-electron chi connectivity index (χ1n) is 7.64. The third-order valence-corrected chi connectivity index (χ3v) is 3.73. The van der Waals surface area contributed by atoms with E-state index in [4.69, 9.17) is 14.9 Å². The number of hydrogen-bond donors (Lipinski definition) is 1. The summed E-state index contributed by atoms with van der Waals surface area (Å²) >= 11 is 0. The average Bonchev–Trinajstić information content (AvgIpc) is 3.45. The van der Waals surface area contributed by atoms with Crippen LogP contribution in [0.5, 0.6) is 0 Å². The summed E-state index contributed by atoms with van der Waals surface area (Å²) in [6.07, 6.45) is 4.05.